The molecule has 1 saturated carbocycles. The van der Waals surface area contributed by atoms with E-state index in [1.165, 1.54) is 16.7 Å². The van der Waals surface area contributed by atoms with Crippen LogP contribution in [0, 0.1) is 0 Å². The first kappa shape index (κ1) is 32.4. The summed E-state index contributed by atoms with van der Waals surface area (Å²) in [4.78, 5) is 30.0. The Bertz CT molecular complexity index is 1440. The highest BCUT2D eigenvalue weighted by Gasteiger charge is 2.33. The summed E-state index contributed by atoms with van der Waals surface area (Å²) in [6, 6.07) is 21.9. The van der Waals surface area contributed by atoms with Crippen LogP contribution in [0.4, 0.5) is 5.69 Å². The number of hydrogen-bond acceptors (Lipinski definition) is 6. The third-order valence-corrected chi connectivity index (χ3v) is 10.2. The van der Waals surface area contributed by atoms with E-state index in [-0.39, 0.29) is 23.4 Å². The monoisotopic (exact) mass is 623 g/mol. The summed E-state index contributed by atoms with van der Waals surface area (Å²) in [5.41, 5.74) is 1.17. The predicted octanol–water partition coefficient (Wildman–Crippen LogP) is 5.87. The highest BCUT2D eigenvalue weighted by Crippen LogP contribution is 2.28. The Hall–Kier alpha value is -3.50. The van der Waals surface area contributed by atoms with Gasteiger partial charge in [0.1, 0.15) is 18.3 Å². The number of nitrogens with one attached hydrogen (secondary N) is 1. The van der Waals surface area contributed by atoms with E-state index in [0.29, 0.717) is 18.0 Å². The maximum atomic E-state index is 14.1. The molecular formula is C33H41N3O5S2. The van der Waals surface area contributed by atoms with Crippen molar-refractivity contribution in [3.63, 3.8) is 0 Å². The molecule has 0 bridgehead atoms. The molecule has 8 nitrogen and oxygen atoms in total. The van der Waals surface area contributed by atoms with Crippen LogP contribution in [0.25, 0.3) is 0 Å². The molecule has 230 valence electrons. The van der Waals surface area contributed by atoms with Crippen molar-refractivity contribution in [1.82, 2.24) is 10.2 Å². The lowest BCUT2D eigenvalue weighted by Crippen LogP contribution is -2.53. The van der Waals surface area contributed by atoms with Gasteiger partial charge in [0.25, 0.3) is 10.0 Å². The topological polar surface area (TPSA) is 96.0 Å². The lowest BCUT2D eigenvalue weighted by Gasteiger charge is -2.33. The number of nitrogens with zero attached hydrogens (tertiary/aromatic N) is 2. The number of carbonyl (C=O) groups is 2. The molecule has 0 spiro atoms. The van der Waals surface area contributed by atoms with Crippen molar-refractivity contribution in [2.45, 2.75) is 74.4 Å². The Morgan fingerprint density at radius 3 is 2.21 bits per heavy atom. The molecule has 10 heteroatoms. The van der Waals surface area contributed by atoms with Gasteiger partial charge in [0, 0.05) is 17.5 Å². The van der Waals surface area contributed by atoms with Gasteiger partial charge in [-0.1, -0.05) is 49.6 Å². The fraction of sp³-hybridized carbons (Fsp3) is 0.394. The van der Waals surface area contributed by atoms with Crippen LogP contribution in [0.15, 0.2) is 88.7 Å². The minimum Gasteiger partial charge on any atom is -0.494 e. The van der Waals surface area contributed by atoms with Crippen LogP contribution in [0.3, 0.4) is 0 Å². The van der Waals surface area contributed by atoms with Crippen LogP contribution >= 0.6 is 11.8 Å². The minimum absolute atomic E-state index is 0.0738. The van der Waals surface area contributed by atoms with Gasteiger partial charge in [0.05, 0.1) is 17.2 Å². The number of benzene rings is 3. The molecule has 0 heterocycles. The zero-order chi connectivity index (χ0) is 30.8. The van der Waals surface area contributed by atoms with E-state index in [0.717, 1.165) is 46.9 Å². The molecule has 1 N–H and O–H groups in total. The van der Waals surface area contributed by atoms with Gasteiger partial charge in [0.15, 0.2) is 0 Å². The zero-order valence-corrected chi connectivity index (χ0v) is 26.7. The van der Waals surface area contributed by atoms with Crippen LogP contribution in [-0.2, 0) is 26.2 Å². The second kappa shape index (κ2) is 15.3. The Morgan fingerprint density at radius 2 is 1.60 bits per heavy atom. The molecule has 2 amide bonds. The van der Waals surface area contributed by atoms with Crippen molar-refractivity contribution in [2.75, 3.05) is 23.7 Å². The van der Waals surface area contributed by atoms with Crippen molar-refractivity contribution < 1.29 is 22.7 Å². The fourth-order valence-corrected chi connectivity index (χ4v) is 7.03. The number of amides is 2. The second-order valence-corrected chi connectivity index (χ2v) is 13.4. The van der Waals surface area contributed by atoms with E-state index in [1.54, 1.807) is 55.5 Å². The molecule has 1 fully saturated rings. The Kier molecular flexibility index (Phi) is 11.5. The predicted molar refractivity (Wildman–Crippen MR) is 172 cm³/mol. The first-order valence-corrected chi connectivity index (χ1v) is 17.4. The normalized spacial score (nSPS) is 14.5. The fourth-order valence-electron chi connectivity index (χ4n) is 5.21. The van der Waals surface area contributed by atoms with Crippen molar-refractivity contribution >= 4 is 39.3 Å². The van der Waals surface area contributed by atoms with Crippen LogP contribution in [-0.4, -0.2) is 56.6 Å². The number of sulfonamides is 1. The van der Waals surface area contributed by atoms with Gasteiger partial charge in [-0.3, -0.25) is 13.9 Å². The quantitative estimate of drug-likeness (QED) is 0.240. The van der Waals surface area contributed by atoms with E-state index in [9.17, 15) is 18.0 Å². The van der Waals surface area contributed by atoms with Gasteiger partial charge in [-0.25, -0.2) is 8.42 Å². The Labute approximate surface area is 259 Å². The number of anilines is 1. The Balaban J connectivity index is 1.67. The van der Waals surface area contributed by atoms with Crippen LogP contribution in [0.2, 0.25) is 0 Å². The molecule has 1 aliphatic carbocycles. The molecule has 43 heavy (non-hydrogen) atoms. The average Bonchev–Trinajstić information content (AvgIpc) is 3.03. The summed E-state index contributed by atoms with van der Waals surface area (Å²) in [6.45, 7) is 3.73. The first-order chi connectivity index (χ1) is 20.7. The van der Waals surface area contributed by atoms with E-state index in [4.69, 9.17) is 4.74 Å². The van der Waals surface area contributed by atoms with Gasteiger partial charge in [0.2, 0.25) is 11.8 Å². The molecule has 0 aromatic heterocycles. The number of ether oxygens (including phenoxy) is 1. The zero-order valence-electron chi connectivity index (χ0n) is 25.1. The van der Waals surface area contributed by atoms with Crippen molar-refractivity contribution in [3.05, 3.63) is 84.4 Å². The number of carbonyl (C=O) groups excluding carboxylic acids is 2. The van der Waals surface area contributed by atoms with E-state index in [2.05, 4.69) is 5.32 Å². The summed E-state index contributed by atoms with van der Waals surface area (Å²) < 4.78 is 34.8. The van der Waals surface area contributed by atoms with Gasteiger partial charge in [-0.05, 0) is 87.0 Å². The summed E-state index contributed by atoms with van der Waals surface area (Å²) >= 11 is 1.51. The number of thioether (sulfide) groups is 1. The number of hydrogen-bond donors (Lipinski definition) is 1. The van der Waals surface area contributed by atoms with Gasteiger partial charge >= 0.3 is 0 Å². The number of rotatable bonds is 13. The van der Waals surface area contributed by atoms with Crippen molar-refractivity contribution in [1.29, 1.82) is 0 Å². The van der Waals surface area contributed by atoms with E-state index >= 15 is 0 Å². The van der Waals surface area contributed by atoms with Crippen molar-refractivity contribution in [3.8, 4) is 5.75 Å². The summed E-state index contributed by atoms with van der Waals surface area (Å²) in [5.74, 6) is -0.120. The third-order valence-electron chi connectivity index (χ3n) is 7.68. The van der Waals surface area contributed by atoms with Crippen LogP contribution < -0.4 is 14.4 Å². The summed E-state index contributed by atoms with van der Waals surface area (Å²) in [5, 5.41) is 3.13. The SMILES string of the molecule is CCOc1ccc(N(CC(=O)N(Cc2ccccc2)C(C)C(=O)NC2CCCCC2)S(=O)(=O)c2ccc(SC)cc2)cc1. The van der Waals surface area contributed by atoms with Crippen LogP contribution in [0.1, 0.15) is 51.5 Å². The van der Waals surface area contributed by atoms with Crippen LogP contribution in [0.5, 0.6) is 5.75 Å². The second-order valence-electron chi connectivity index (χ2n) is 10.6. The molecule has 0 aliphatic heterocycles. The average molecular weight is 624 g/mol. The molecule has 4 rings (SSSR count). The molecule has 1 aliphatic rings. The van der Waals surface area contributed by atoms with Crippen molar-refractivity contribution in [2.24, 2.45) is 0 Å². The molecule has 1 unspecified atom stereocenters. The first-order valence-electron chi connectivity index (χ1n) is 14.8. The third kappa shape index (κ3) is 8.54. The molecular weight excluding hydrogens is 583 g/mol. The molecule has 1 atom stereocenters. The highest BCUT2D eigenvalue weighted by atomic mass is 32.2. The maximum absolute atomic E-state index is 14.1. The maximum Gasteiger partial charge on any atom is 0.264 e. The molecule has 3 aromatic carbocycles. The van der Waals surface area contributed by atoms with Gasteiger partial charge in [-0.2, -0.15) is 0 Å². The molecule has 0 saturated heterocycles. The lowest BCUT2D eigenvalue weighted by molar-refractivity contribution is -0.139. The highest BCUT2D eigenvalue weighted by molar-refractivity contribution is 7.98. The standard InChI is InChI=1S/C33H41N3O5S2/c1-4-41-29-17-15-28(16-18-29)36(43(39,40)31-21-19-30(42-3)20-22-31)24-32(37)35(23-26-11-7-5-8-12-26)25(2)33(38)34-27-13-9-6-10-14-27/h5,7-8,11-12,15-22,25,27H,4,6,9-10,13-14,23-24H2,1-3H3,(H,34,38). The Morgan fingerprint density at radius 1 is 0.953 bits per heavy atom. The largest absolute Gasteiger partial charge is 0.494 e. The molecule has 0 radical (unpaired) electrons. The molecule has 3 aromatic rings. The van der Waals surface area contributed by atoms with E-state index < -0.39 is 28.5 Å². The van der Waals surface area contributed by atoms with Gasteiger partial charge < -0.3 is 15.0 Å². The summed E-state index contributed by atoms with van der Waals surface area (Å²) in [7, 11) is -4.14. The summed E-state index contributed by atoms with van der Waals surface area (Å²) in [6.07, 6.45) is 7.06. The van der Waals surface area contributed by atoms with E-state index in [1.807, 2.05) is 43.5 Å². The van der Waals surface area contributed by atoms with Gasteiger partial charge in [-0.15, -0.1) is 11.8 Å². The lowest BCUT2D eigenvalue weighted by atomic mass is 9.95. The smallest absolute Gasteiger partial charge is 0.264 e. The minimum atomic E-state index is -4.14.